The van der Waals surface area contributed by atoms with E-state index in [-0.39, 0.29) is 0 Å². The Kier molecular flexibility index (Phi) is 7.49. The molecule has 1 saturated carbocycles. The SMILES string of the molecule is CNc1cc(Nc2cc(-c3ccc4ncsc4c3)ncn2)c(OC)cc1N(C)CCN1CCN(C2CC2)CC1. The fourth-order valence-corrected chi connectivity index (χ4v) is 6.01. The number of likely N-dealkylation sites (N-methyl/N-ethyl adjacent to an activating group) is 1. The van der Waals surface area contributed by atoms with E-state index in [4.69, 9.17) is 4.74 Å². The van der Waals surface area contributed by atoms with E-state index < -0.39 is 0 Å². The predicted octanol–water partition coefficient (Wildman–Crippen LogP) is 4.76. The summed E-state index contributed by atoms with van der Waals surface area (Å²) in [6.07, 6.45) is 4.38. The van der Waals surface area contributed by atoms with Crippen LogP contribution in [-0.2, 0) is 0 Å². The van der Waals surface area contributed by atoms with Gasteiger partial charge in [-0.05, 0) is 31.0 Å². The molecular formula is C29H36N8OS. The second-order valence-corrected chi connectivity index (χ2v) is 11.2. The van der Waals surface area contributed by atoms with Crippen LogP contribution in [0.1, 0.15) is 12.8 Å². The van der Waals surface area contributed by atoms with Gasteiger partial charge in [-0.3, -0.25) is 9.80 Å². The Morgan fingerprint density at radius 3 is 2.64 bits per heavy atom. The maximum absolute atomic E-state index is 5.81. The molecule has 0 radical (unpaired) electrons. The van der Waals surface area contributed by atoms with Crippen molar-refractivity contribution >= 4 is 44.4 Å². The summed E-state index contributed by atoms with van der Waals surface area (Å²) in [4.78, 5) is 20.9. The Labute approximate surface area is 233 Å². The van der Waals surface area contributed by atoms with Crippen molar-refractivity contribution in [2.75, 3.05) is 76.0 Å². The number of nitrogens with one attached hydrogen (secondary N) is 2. The van der Waals surface area contributed by atoms with Crippen LogP contribution in [0.25, 0.3) is 21.5 Å². The molecule has 2 aromatic carbocycles. The number of benzene rings is 2. The quantitative estimate of drug-likeness (QED) is 0.294. The third-order valence-electron chi connectivity index (χ3n) is 7.78. The van der Waals surface area contributed by atoms with Gasteiger partial charge in [-0.15, -0.1) is 11.3 Å². The van der Waals surface area contributed by atoms with Gasteiger partial charge in [0.05, 0.1) is 45.6 Å². The second-order valence-electron chi connectivity index (χ2n) is 10.3. The number of hydrogen-bond acceptors (Lipinski definition) is 10. The van der Waals surface area contributed by atoms with Crippen LogP contribution in [0, 0.1) is 0 Å². The lowest BCUT2D eigenvalue weighted by atomic mass is 10.1. The summed E-state index contributed by atoms with van der Waals surface area (Å²) >= 11 is 1.63. The van der Waals surface area contributed by atoms with Gasteiger partial charge in [0, 0.05) is 77.1 Å². The number of ether oxygens (including phenoxy) is 1. The van der Waals surface area contributed by atoms with Gasteiger partial charge in [0.2, 0.25) is 0 Å². The van der Waals surface area contributed by atoms with Crippen molar-refractivity contribution in [1.82, 2.24) is 24.8 Å². The molecule has 0 amide bonds. The lowest BCUT2D eigenvalue weighted by Crippen LogP contribution is -2.48. The molecule has 1 saturated heterocycles. The van der Waals surface area contributed by atoms with Crippen LogP contribution in [0.4, 0.5) is 22.9 Å². The number of thiazole rings is 1. The Morgan fingerprint density at radius 1 is 1.03 bits per heavy atom. The smallest absolute Gasteiger partial charge is 0.144 e. The van der Waals surface area contributed by atoms with Crippen molar-refractivity contribution in [1.29, 1.82) is 0 Å². The zero-order chi connectivity index (χ0) is 26.8. The maximum Gasteiger partial charge on any atom is 0.144 e. The molecule has 3 heterocycles. The summed E-state index contributed by atoms with van der Waals surface area (Å²) in [7, 11) is 5.82. The van der Waals surface area contributed by atoms with E-state index in [1.54, 1.807) is 24.8 Å². The summed E-state index contributed by atoms with van der Waals surface area (Å²) in [5.41, 5.74) is 7.74. The average Bonchev–Trinajstić information content (AvgIpc) is 3.72. The van der Waals surface area contributed by atoms with Crippen molar-refractivity contribution in [3.63, 3.8) is 0 Å². The van der Waals surface area contributed by atoms with Gasteiger partial charge in [-0.1, -0.05) is 6.07 Å². The third-order valence-corrected chi connectivity index (χ3v) is 8.57. The van der Waals surface area contributed by atoms with E-state index >= 15 is 0 Å². The minimum absolute atomic E-state index is 0.705. The third kappa shape index (κ3) is 5.78. The van der Waals surface area contributed by atoms with Gasteiger partial charge in [0.1, 0.15) is 17.9 Å². The first-order valence-corrected chi connectivity index (χ1v) is 14.5. The molecule has 0 unspecified atom stereocenters. The molecular weight excluding hydrogens is 508 g/mol. The van der Waals surface area contributed by atoms with Crippen molar-refractivity contribution in [3.8, 4) is 17.0 Å². The molecule has 1 aliphatic carbocycles. The average molecular weight is 545 g/mol. The Balaban J connectivity index is 1.16. The second kappa shape index (κ2) is 11.3. The van der Waals surface area contributed by atoms with Crippen LogP contribution in [0.3, 0.4) is 0 Å². The van der Waals surface area contributed by atoms with Crippen molar-refractivity contribution < 1.29 is 4.74 Å². The number of hydrogen-bond donors (Lipinski definition) is 2. The highest BCUT2D eigenvalue weighted by atomic mass is 32.1. The first-order valence-electron chi connectivity index (χ1n) is 13.6. The number of methoxy groups -OCH3 is 1. The Hall–Kier alpha value is -3.47. The monoisotopic (exact) mass is 544 g/mol. The summed E-state index contributed by atoms with van der Waals surface area (Å²) in [6.45, 7) is 6.73. The molecule has 2 fully saturated rings. The fraction of sp³-hybridized carbons (Fsp3) is 0.414. The van der Waals surface area contributed by atoms with E-state index in [0.717, 1.165) is 76.5 Å². The molecule has 2 aliphatic rings. The molecule has 39 heavy (non-hydrogen) atoms. The van der Waals surface area contributed by atoms with Crippen LogP contribution in [-0.4, -0.2) is 91.3 Å². The van der Waals surface area contributed by atoms with Gasteiger partial charge in [0.15, 0.2) is 0 Å². The molecule has 0 atom stereocenters. The van der Waals surface area contributed by atoms with Crippen molar-refractivity contribution in [2.45, 2.75) is 18.9 Å². The van der Waals surface area contributed by atoms with E-state index in [2.05, 4.69) is 65.5 Å². The van der Waals surface area contributed by atoms with Gasteiger partial charge in [0.25, 0.3) is 0 Å². The summed E-state index contributed by atoms with van der Waals surface area (Å²) in [5, 5.41) is 6.83. The summed E-state index contributed by atoms with van der Waals surface area (Å²) < 4.78 is 6.95. The Bertz CT molecular complexity index is 1430. The first-order chi connectivity index (χ1) is 19.1. The molecule has 204 valence electrons. The van der Waals surface area contributed by atoms with E-state index in [1.807, 2.05) is 30.8 Å². The molecule has 2 N–H and O–H groups in total. The van der Waals surface area contributed by atoms with E-state index in [9.17, 15) is 0 Å². The van der Waals surface area contributed by atoms with E-state index in [0.29, 0.717) is 5.82 Å². The molecule has 10 heteroatoms. The van der Waals surface area contributed by atoms with Crippen molar-refractivity contribution in [2.24, 2.45) is 0 Å². The van der Waals surface area contributed by atoms with Crippen LogP contribution in [0.15, 0.2) is 48.2 Å². The zero-order valence-electron chi connectivity index (χ0n) is 22.9. The minimum atomic E-state index is 0.705. The molecule has 1 aliphatic heterocycles. The van der Waals surface area contributed by atoms with Crippen molar-refractivity contribution in [3.05, 3.63) is 48.2 Å². The summed E-state index contributed by atoms with van der Waals surface area (Å²) in [5.74, 6) is 1.47. The Morgan fingerprint density at radius 2 is 1.87 bits per heavy atom. The van der Waals surface area contributed by atoms with Gasteiger partial charge < -0.3 is 20.3 Å². The fourth-order valence-electron chi connectivity index (χ4n) is 5.29. The number of fused-ring (bicyclic) bond motifs is 1. The zero-order valence-corrected chi connectivity index (χ0v) is 23.7. The van der Waals surface area contributed by atoms with Crippen LogP contribution in [0.5, 0.6) is 5.75 Å². The number of rotatable bonds is 10. The van der Waals surface area contributed by atoms with Gasteiger partial charge in [-0.2, -0.15) is 0 Å². The van der Waals surface area contributed by atoms with Crippen LogP contribution < -0.4 is 20.3 Å². The minimum Gasteiger partial charge on any atom is -0.494 e. The molecule has 6 rings (SSSR count). The molecule has 4 aromatic rings. The highest BCUT2D eigenvalue weighted by Gasteiger charge is 2.31. The molecule has 9 nitrogen and oxygen atoms in total. The van der Waals surface area contributed by atoms with E-state index in [1.165, 1.54) is 25.9 Å². The van der Waals surface area contributed by atoms with Crippen LogP contribution >= 0.6 is 11.3 Å². The lowest BCUT2D eigenvalue weighted by Gasteiger charge is -2.36. The lowest BCUT2D eigenvalue weighted by molar-refractivity contribution is 0.129. The number of anilines is 4. The molecule has 0 bridgehead atoms. The topological polar surface area (TPSA) is 81.7 Å². The summed E-state index contributed by atoms with van der Waals surface area (Å²) in [6, 6.07) is 13.2. The number of aromatic nitrogens is 3. The standard InChI is InChI=1S/C29H36N8OS/c1-30-24-15-25(34-29-16-23(31-18-32-29)20-4-7-22-28(14-20)39-19-33-22)27(38-3)17-26(24)35(2)8-9-36-10-12-37(13-11-36)21-5-6-21/h4,7,14-19,21,30H,5-6,8-13H2,1-3H3,(H,31,32,34). The predicted molar refractivity (Wildman–Crippen MR) is 161 cm³/mol. The highest BCUT2D eigenvalue weighted by Crippen LogP contribution is 2.38. The molecule has 2 aromatic heterocycles. The normalized spacial score (nSPS) is 16.4. The first kappa shape index (κ1) is 25.8. The number of nitrogens with zero attached hydrogens (tertiary/aromatic N) is 6. The number of piperazine rings is 1. The van der Waals surface area contributed by atoms with Crippen LogP contribution in [0.2, 0.25) is 0 Å². The van der Waals surface area contributed by atoms with Gasteiger partial charge in [-0.25, -0.2) is 15.0 Å². The van der Waals surface area contributed by atoms with Gasteiger partial charge >= 0.3 is 0 Å². The largest absolute Gasteiger partial charge is 0.494 e. The highest BCUT2D eigenvalue weighted by molar-refractivity contribution is 7.16. The molecule has 0 spiro atoms. The maximum atomic E-state index is 5.81.